The maximum atomic E-state index is 12.3. The van der Waals surface area contributed by atoms with Crippen LogP contribution in [0.25, 0.3) is 22.3 Å². The van der Waals surface area contributed by atoms with Gasteiger partial charge in [-0.05, 0) is 37.3 Å². The van der Waals surface area contributed by atoms with Gasteiger partial charge in [0.05, 0.1) is 25.2 Å². The van der Waals surface area contributed by atoms with E-state index in [0.29, 0.717) is 33.8 Å². The van der Waals surface area contributed by atoms with Gasteiger partial charge in [-0.3, -0.25) is 4.79 Å². The van der Waals surface area contributed by atoms with Crippen molar-refractivity contribution in [3.8, 4) is 22.8 Å². The molecule has 0 saturated heterocycles. The summed E-state index contributed by atoms with van der Waals surface area (Å²) in [6.45, 7) is 1.94. The van der Waals surface area contributed by atoms with Crippen LogP contribution in [-0.4, -0.2) is 14.2 Å². The molecule has 0 aliphatic rings. The van der Waals surface area contributed by atoms with Crippen molar-refractivity contribution >= 4 is 11.0 Å². The lowest BCUT2D eigenvalue weighted by Crippen LogP contribution is -2.01. The highest BCUT2D eigenvalue weighted by Gasteiger charge is 2.13. The highest BCUT2D eigenvalue weighted by atomic mass is 16.5. The van der Waals surface area contributed by atoms with Crippen molar-refractivity contribution in [2.45, 2.75) is 6.92 Å². The van der Waals surface area contributed by atoms with Crippen molar-refractivity contribution in [3.05, 3.63) is 58.3 Å². The highest BCUT2D eigenvalue weighted by molar-refractivity contribution is 5.80. The molecule has 3 aromatic rings. The molecule has 4 nitrogen and oxygen atoms in total. The fraction of sp³-hybridized carbons (Fsp3) is 0.167. The molecule has 0 amide bonds. The van der Waals surface area contributed by atoms with E-state index in [1.807, 2.05) is 25.1 Å². The van der Waals surface area contributed by atoms with E-state index in [1.165, 1.54) is 6.07 Å². The third-order valence-corrected chi connectivity index (χ3v) is 3.55. The summed E-state index contributed by atoms with van der Waals surface area (Å²) < 4.78 is 16.5. The Labute approximate surface area is 127 Å². The third kappa shape index (κ3) is 2.44. The minimum absolute atomic E-state index is 0.0789. The van der Waals surface area contributed by atoms with E-state index < -0.39 is 0 Å². The Morgan fingerprint density at radius 1 is 0.955 bits per heavy atom. The average molecular weight is 296 g/mol. The van der Waals surface area contributed by atoms with Crippen molar-refractivity contribution in [1.82, 2.24) is 0 Å². The van der Waals surface area contributed by atoms with Crippen molar-refractivity contribution in [3.63, 3.8) is 0 Å². The zero-order chi connectivity index (χ0) is 15.7. The summed E-state index contributed by atoms with van der Waals surface area (Å²) in [5, 5.41) is 0.575. The molecule has 2 aromatic carbocycles. The van der Waals surface area contributed by atoms with E-state index in [9.17, 15) is 4.79 Å². The second-order valence-electron chi connectivity index (χ2n) is 5.04. The SMILES string of the molecule is COc1ccc(OC)c(-c2cc(=O)c3cc(C)ccc3o2)c1. The van der Waals surface area contributed by atoms with Gasteiger partial charge in [0.2, 0.25) is 0 Å². The molecule has 0 fully saturated rings. The molecule has 0 radical (unpaired) electrons. The molecule has 0 atom stereocenters. The number of rotatable bonds is 3. The van der Waals surface area contributed by atoms with Crippen LogP contribution >= 0.6 is 0 Å². The van der Waals surface area contributed by atoms with Crippen LogP contribution in [0.1, 0.15) is 5.56 Å². The average Bonchev–Trinajstić information content (AvgIpc) is 2.54. The van der Waals surface area contributed by atoms with Crippen LogP contribution in [0.4, 0.5) is 0 Å². The zero-order valence-corrected chi connectivity index (χ0v) is 12.7. The molecule has 3 rings (SSSR count). The second kappa shape index (κ2) is 5.56. The topological polar surface area (TPSA) is 48.7 Å². The van der Waals surface area contributed by atoms with Crippen LogP contribution in [-0.2, 0) is 0 Å². The zero-order valence-electron chi connectivity index (χ0n) is 12.7. The van der Waals surface area contributed by atoms with E-state index in [1.54, 1.807) is 32.4 Å². The fourth-order valence-corrected chi connectivity index (χ4v) is 2.41. The Morgan fingerprint density at radius 3 is 2.50 bits per heavy atom. The molecule has 0 unspecified atom stereocenters. The predicted molar refractivity (Wildman–Crippen MR) is 85.8 cm³/mol. The molecule has 22 heavy (non-hydrogen) atoms. The monoisotopic (exact) mass is 296 g/mol. The molecular weight excluding hydrogens is 280 g/mol. The molecule has 0 aliphatic carbocycles. The summed E-state index contributed by atoms with van der Waals surface area (Å²) in [5.74, 6) is 1.75. The summed E-state index contributed by atoms with van der Waals surface area (Å²) in [7, 11) is 3.17. The van der Waals surface area contributed by atoms with Crippen LogP contribution < -0.4 is 14.9 Å². The largest absolute Gasteiger partial charge is 0.497 e. The Bertz CT molecular complexity index is 893. The standard InChI is InChI=1S/C18H16O4/c1-11-4-6-17-13(8-11)15(19)10-18(22-17)14-9-12(20-2)5-7-16(14)21-3/h4-10H,1-3H3. The van der Waals surface area contributed by atoms with Gasteiger partial charge in [0, 0.05) is 6.07 Å². The second-order valence-corrected chi connectivity index (χ2v) is 5.04. The van der Waals surface area contributed by atoms with Crippen molar-refractivity contribution in [2.75, 3.05) is 14.2 Å². The lowest BCUT2D eigenvalue weighted by molar-refractivity contribution is 0.403. The van der Waals surface area contributed by atoms with Gasteiger partial charge in [0.1, 0.15) is 22.8 Å². The third-order valence-electron chi connectivity index (χ3n) is 3.55. The minimum atomic E-state index is -0.0789. The number of hydrogen-bond acceptors (Lipinski definition) is 4. The van der Waals surface area contributed by atoms with E-state index in [4.69, 9.17) is 13.9 Å². The van der Waals surface area contributed by atoms with Gasteiger partial charge < -0.3 is 13.9 Å². The minimum Gasteiger partial charge on any atom is -0.497 e. The predicted octanol–water partition coefficient (Wildman–Crippen LogP) is 3.79. The Morgan fingerprint density at radius 2 is 1.77 bits per heavy atom. The van der Waals surface area contributed by atoms with Gasteiger partial charge in [-0.1, -0.05) is 11.6 Å². The van der Waals surface area contributed by atoms with Gasteiger partial charge >= 0.3 is 0 Å². The van der Waals surface area contributed by atoms with E-state index >= 15 is 0 Å². The first-order valence-electron chi connectivity index (χ1n) is 6.89. The molecule has 0 spiro atoms. The molecule has 4 heteroatoms. The number of methoxy groups -OCH3 is 2. The van der Waals surface area contributed by atoms with Crippen LogP contribution in [0, 0.1) is 6.92 Å². The van der Waals surface area contributed by atoms with Crippen molar-refractivity contribution < 1.29 is 13.9 Å². The summed E-state index contributed by atoms with van der Waals surface area (Å²) in [5.41, 5.74) is 2.18. The number of hydrogen-bond donors (Lipinski definition) is 0. The van der Waals surface area contributed by atoms with Crippen LogP contribution in [0.5, 0.6) is 11.5 Å². The van der Waals surface area contributed by atoms with Gasteiger partial charge in [-0.25, -0.2) is 0 Å². The maximum Gasteiger partial charge on any atom is 0.193 e. The number of aryl methyl sites for hydroxylation is 1. The fourth-order valence-electron chi connectivity index (χ4n) is 2.41. The Hall–Kier alpha value is -2.75. The molecule has 1 aromatic heterocycles. The van der Waals surface area contributed by atoms with Gasteiger partial charge in [0.25, 0.3) is 0 Å². The van der Waals surface area contributed by atoms with Crippen molar-refractivity contribution in [1.29, 1.82) is 0 Å². The number of fused-ring (bicyclic) bond motifs is 1. The van der Waals surface area contributed by atoms with E-state index in [0.717, 1.165) is 5.56 Å². The molecule has 0 bridgehead atoms. The first-order chi connectivity index (χ1) is 10.6. The number of ether oxygens (including phenoxy) is 2. The summed E-state index contributed by atoms with van der Waals surface area (Å²) in [4.78, 5) is 12.3. The number of benzene rings is 2. The molecule has 0 aliphatic heterocycles. The molecule has 0 saturated carbocycles. The van der Waals surface area contributed by atoms with E-state index in [-0.39, 0.29) is 5.43 Å². The first kappa shape index (κ1) is 14.2. The van der Waals surface area contributed by atoms with E-state index in [2.05, 4.69) is 0 Å². The smallest absolute Gasteiger partial charge is 0.193 e. The van der Waals surface area contributed by atoms with Gasteiger partial charge in [-0.2, -0.15) is 0 Å². The molecular formula is C18H16O4. The lowest BCUT2D eigenvalue weighted by atomic mass is 10.1. The van der Waals surface area contributed by atoms with Gasteiger partial charge in [-0.15, -0.1) is 0 Å². The van der Waals surface area contributed by atoms with Crippen LogP contribution in [0.2, 0.25) is 0 Å². The quantitative estimate of drug-likeness (QED) is 0.738. The summed E-state index contributed by atoms with van der Waals surface area (Å²) >= 11 is 0. The maximum absolute atomic E-state index is 12.3. The first-order valence-corrected chi connectivity index (χ1v) is 6.89. The Balaban J connectivity index is 2.26. The summed E-state index contributed by atoms with van der Waals surface area (Å²) in [6, 6.07) is 12.4. The molecule has 0 N–H and O–H groups in total. The van der Waals surface area contributed by atoms with Crippen LogP contribution in [0.15, 0.2) is 51.7 Å². The Kier molecular flexibility index (Phi) is 3.59. The molecule has 112 valence electrons. The van der Waals surface area contributed by atoms with Crippen molar-refractivity contribution in [2.24, 2.45) is 0 Å². The molecule has 1 heterocycles. The summed E-state index contributed by atoms with van der Waals surface area (Å²) in [6.07, 6.45) is 0. The van der Waals surface area contributed by atoms with Gasteiger partial charge in [0.15, 0.2) is 5.43 Å². The normalized spacial score (nSPS) is 10.7. The lowest BCUT2D eigenvalue weighted by Gasteiger charge is -2.10. The highest BCUT2D eigenvalue weighted by Crippen LogP contribution is 2.34. The van der Waals surface area contributed by atoms with Crippen LogP contribution in [0.3, 0.4) is 0 Å².